The first kappa shape index (κ1) is 14.5. The van der Waals surface area contributed by atoms with E-state index in [2.05, 4.69) is 4.90 Å². The smallest absolute Gasteiger partial charge is 0.236 e. The van der Waals surface area contributed by atoms with Gasteiger partial charge < -0.3 is 10.0 Å². The number of aliphatic hydroxyl groups excluding tert-OH is 1. The van der Waals surface area contributed by atoms with E-state index in [1.807, 2.05) is 24.6 Å². The maximum Gasteiger partial charge on any atom is 0.236 e. The van der Waals surface area contributed by atoms with Crippen molar-refractivity contribution in [2.24, 2.45) is 0 Å². The quantitative estimate of drug-likeness (QED) is 0.825. The molecule has 1 N–H and O–H groups in total. The molecule has 1 fully saturated rings. The standard InChI is InChI=1S/C14H22N2O2S/c1-15(10-13-6-3-9-19-13)14(18)11-16(7-8-17)12-4-2-5-12/h3,6,9,12,17H,2,4-5,7-8,10-11H2,1H3. The van der Waals surface area contributed by atoms with E-state index in [-0.39, 0.29) is 12.5 Å². The molecular weight excluding hydrogens is 260 g/mol. The van der Waals surface area contributed by atoms with Crippen LogP contribution in [0, 0.1) is 0 Å². The van der Waals surface area contributed by atoms with Gasteiger partial charge in [-0.3, -0.25) is 9.69 Å². The van der Waals surface area contributed by atoms with Crippen LogP contribution in [-0.4, -0.2) is 53.6 Å². The summed E-state index contributed by atoms with van der Waals surface area (Å²) in [4.78, 5) is 17.3. The molecule has 0 spiro atoms. The van der Waals surface area contributed by atoms with Gasteiger partial charge in [0.2, 0.25) is 5.91 Å². The Hall–Kier alpha value is -0.910. The van der Waals surface area contributed by atoms with Crippen molar-refractivity contribution in [2.45, 2.75) is 31.8 Å². The summed E-state index contributed by atoms with van der Waals surface area (Å²) in [6.07, 6.45) is 3.55. The van der Waals surface area contributed by atoms with Gasteiger partial charge in [-0.15, -0.1) is 11.3 Å². The fraction of sp³-hybridized carbons (Fsp3) is 0.643. The van der Waals surface area contributed by atoms with Gasteiger partial charge in [0.25, 0.3) is 0 Å². The van der Waals surface area contributed by atoms with Gasteiger partial charge >= 0.3 is 0 Å². The monoisotopic (exact) mass is 282 g/mol. The van der Waals surface area contributed by atoms with E-state index in [0.29, 0.717) is 25.7 Å². The van der Waals surface area contributed by atoms with E-state index in [4.69, 9.17) is 5.11 Å². The largest absolute Gasteiger partial charge is 0.395 e. The van der Waals surface area contributed by atoms with E-state index in [1.54, 1.807) is 16.2 Å². The summed E-state index contributed by atoms with van der Waals surface area (Å²) in [5, 5.41) is 11.1. The number of aliphatic hydroxyl groups is 1. The van der Waals surface area contributed by atoms with E-state index >= 15 is 0 Å². The first-order valence-electron chi connectivity index (χ1n) is 6.82. The van der Waals surface area contributed by atoms with Crippen LogP contribution in [-0.2, 0) is 11.3 Å². The second-order valence-electron chi connectivity index (χ2n) is 5.11. The van der Waals surface area contributed by atoms with Gasteiger partial charge in [0.15, 0.2) is 0 Å². The lowest BCUT2D eigenvalue weighted by Crippen LogP contribution is -2.47. The SMILES string of the molecule is CN(Cc1cccs1)C(=O)CN(CCO)C1CCC1. The van der Waals surface area contributed by atoms with Crippen LogP contribution in [0.15, 0.2) is 17.5 Å². The molecule has 0 saturated heterocycles. The van der Waals surface area contributed by atoms with Gasteiger partial charge in [0.05, 0.1) is 19.7 Å². The molecule has 19 heavy (non-hydrogen) atoms. The van der Waals surface area contributed by atoms with Crippen molar-refractivity contribution in [3.8, 4) is 0 Å². The minimum absolute atomic E-state index is 0.123. The van der Waals surface area contributed by atoms with E-state index in [9.17, 15) is 4.79 Å². The Labute approximate surface area is 118 Å². The van der Waals surface area contributed by atoms with Crippen molar-refractivity contribution < 1.29 is 9.90 Å². The van der Waals surface area contributed by atoms with Gasteiger partial charge in [-0.2, -0.15) is 0 Å². The molecule has 0 radical (unpaired) electrons. The van der Waals surface area contributed by atoms with Gasteiger partial charge in [-0.1, -0.05) is 12.5 Å². The van der Waals surface area contributed by atoms with E-state index < -0.39 is 0 Å². The minimum Gasteiger partial charge on any atom is -0.395 e. The highest BCUT2D eigenvalue weighted by atomic mass is 32.1. The number of hydrogen-bond acceptors (Lipinski definition) is 4. The molecule has 1 aliphatic carbocycles. The molecule has 1 heterocycles. The van der Waals surface area contributed by atoms with Gasteiger partial charge in [-0.05, 0) is 24.3 Å². The number of rotatable bonds is 7. The molecule has 4 nitrogen and oxygen atoms in total. The average molecular weight is 282 g/mol. The lowest BCUT2D eigenvalue weighted by atomic mass is 9.91. The van der Waals surface area contributed by atoms with Crippen molar-refractivity contribution in [3.05, 3.63) is 22.4 Å². The molecule has 0 aromatic carbocycles. The number of hydrogen-bond donors (Lipinski definition) is 1. The highest BCUT2D eigenvalue weighted by Crippen LogP contribution is 2.24. The zero-order valence-electron chi connectivity index (χ0n) is 11.4. The van der Waals surface area contributed by atoms with Gasteiger partial charge in [0.1, 0.15) is 0 Å². The van der Waals surface area contributed by atoms with Crippen LogP contribution in [0.2, 0.25) is 0 Å². The summed E-state index contributed by atoms with van der Waals surface area (Å²) in [6.45, 7) is 1.82. The molecule has 5 heteroatoms. The van der Waals surface area contributed by atoms with Crippen molar-refractivity contribution in [1.29, 1.82) is 0 Å². The predicted octanol–water partition coefficient (Wildman–Crippen LogP) is 1.55. The number of carbonyl (C=O) groups is 1. The first-order valence-corrected chi connectivity index (χ1v) is 7.70. The van der Waals surface area contributed by atoms with Gasteiger partial charge in [-0.25, -0.2) is 0 Å². The third-order valence-corrected chi connectivity index (χ3v) is 4.58. The highest BCUT2D eigenvalue weighted by molar-refractivity contribution is 7.09. The summed E-state index contributed by atoms with van der Waals surface area (Å²) in [7, 11) is 1.85. The lowest BCUT2D eigenvalue weighted by Gasteiger charge is -2.37. The second-order valence-corrected chi connectivity index (χ2v) is 6.14. The number of thiophene rings is 1. The number of nitrogens with zero attached hydrogens (tertiary/aromatic N) is 2. The topological polar surface area (TPSA) is 43.8 Å². The molecule has 0 atom stereocenters. The van der Waals surface area contributed by atoms with Crippen molar-refractivity contribution in [2.75, 3.05) is 26.7 Å². The zero-order valence-corrected chi connectivity index (χ0v) is 12.2. The first-order chi connectivity index (χ1) is 9.20. The Balaban J connectivity index is 1.83. The minimum atomic E-state index is 0.123. The number of amides is 1. The second kappa shape index (κ2) is 7.03. The summed E-state index contributed by atoms with van der Waals surface area (Å²) >= 11 is 1.67. The summed E-state index contributed by atoms with van der Waals surface area (Å²) in [6, 6.07) is 4.54. The summed E-state index contributed by atoms with van der Waals surface area (Å²) in [5.41, 5.74) is 0. The highest BCUT2D eigenvalue weighted by Gasteiger charge is 2.26. The molecule has 0 bridgehead atoms. The van der Waals surface area contributed by atoms with Crippen LogP contribution >= 0.6 is 11.3 Å². The molecule has 0 aliphatic heterocycles. The molecule has 1 aromatic heterocycles. The molecule has 1 aliphatic rings. The average Bonchev–Trinajstić information content (AvgIpc) is 2.79. The zero-order chi connectivity index (χ0) is 13.7. The van der Waals surface area contributed by atoms with Crippen LogP contribution in [0.4, 0.5) is 0 Å². The normalized spacial score (nSPS) is 15.5. The van der Waals surface area contributed by atoms with E-state index in [0.717, 1.165) is 12.8 Å². The Bertz CT molecular complexity index is 390. The maximum atomic E-state index is 12.2. The summed E-state index contributed by atoms with van der Waals surface area (Å²) < 4.78 is 0. The molecular formula is C14H22N2O2S. The van der Waals surface area contributed by atoms with Crippen LogP contribution < -0.4 is 0 Å². The van der Waals surface area contributed by atoms with Crippen LogP contribution in [0.5, 0.6) is 0 Å². The van der Waals surface area contributed by atoms with Crippen LogP contribution in [0.3, 0.4) is 0 Å². The molecule has 106 valence electrons. The van der Waals surface area contributed by atoms with E-state index in [1.165, 1.54) is 11.3 Å². The lowest BCUT2D eigenvalue weighted by molar-refractivity contribution is -0.132. The fourth-order valence-corrected chi connectivity index (χ4v) is 3.05. The molecule has 1 saturated carbocycles. The molecule has 1 amide bonds. The van der Waals surface area contributed by atoms with Crippen LogP contribution in [0.1, 0.15) is 24.1 Å². The third-order valence-electron chi connectivity index (χ3n) is 3.72. The predicted molar refractivity (Wildman–Crippen MR) is 77.1 cm³/mol. The van der Waals surface area contributed by atoms with Crippen molar-refractivity contribution >= 4 is 17.2 Å². The molecule has 1 aromatic rings. The Morgan fingerprint density at radius 2 is 2.32 bits per heavy atom. The Morgan fingerprint density at radius 1 is 1.53 bits per heavy atom. The van der Waals surface area contributed by atoms with Crippen molar-refractivity contribution in [3.63, 3.8) is 0 Å². The fourth-order valence-electron chi connectivity index (χ4n) is 2.29. The molecule has 2 rings (SSSR count). The third kappa shape index (κ3) is 4.03. The summed E-state index contributed by atoms with van der Waals surface area (Å²) in [5.74, 6) is 0.133. The van der Waals surface area contributed by atoms with Crippen LogP contribution in [0.25, 0.3) is 0 Å². The molecule has 0 unspecified atom stereocenters. The maximum absolute atomic E-state index is 12.2. The van der Waals surface area contributed by atoms with Gasteiger partial charge in [0, 0.05) is 24.5 Å². The van der Waals surface area contributed by atoms with Crippen molar-refractivity contribution in [1.82, 2.24) is 9.80 Å². The Morgan fingerprint density at radius 3 is 2.84 bits per heavy atom. The number of carbonyl (C=O) groups excluding carboxylic acids is 1. The number of likely N-dealkylation sites (N-methyl/N-ethyl adjacent to an activating group) is 1. The Kier molecular flexibility index (Phi) is 5.36.